The predicted octanol–water partition coefficient (Wildman–Crippen LogP) is 3.74. The van der Waals surface area contributed by atoms with Gasteiger partial charge in [0.05, 0.1) is 11.5 Å². The van der Waals surface area contributed by atoms with Gasteiger partial charge in [-0.15, -0.1) is 11.3 Å². The molecular weight excluding hydrogens is 386 g/mol. The normalized spacial score (nSPS) is 12.2. The maximum Gasteiger partial charge on any atom is 0.433 e. The number of ether oxygens (including phenoxy) is 1. The van der Waals surface area contributed by atoms with E-state index >= 15 is 0 Å². The van der Waals surface area contributed by atoms with E-state index in [2.05, 4.69) is 23.8 Å². The number of carbonyl (C=O) groups is 1. The number of aromatic nitrogens is 2. The van der Waals surface area contributed by atoms with Gasteiger partial charge >= 0.3 is 11.9 Å². The maximum atomic E-state index is 12.6. The Morgan fingerprint density at radius 1 is 1.46 bits per heavy atom. The van der Waals surface area contributed by atoms with Gasteiger partial charge in [0, 0.05) is 4.88 Å². The van der Waals surface area contributed by atoms with Gasteiger partial charge in [-0.3, -0.25) is 14.9 Å². The summed E-state index contributed by atoms with van der Waals surface area (Å²) in [5.74, 6) is -1.08. The minimum Gasteiger partial charge on any atom is -0.452 e. The predicted molar refractivity (Wildman–Crippen MR) is 103 cm³/mol. The second kappa shape index (κ2) is 7.93. The fourth-order valence-corrected chi connectivity index (χ4v) is 3.84. The van der Waals surface area contributed by atoms with Gasteiger partial charge in [0.2, 0.25) is 5.76 Å². The minimum absolute atomic E-state index is 0.197. The van der Waals surface area contributed by atoms with E-state index in [0.717, 1.165) is 35.4 Å². The second-order valence-corrected chi connectivity index (χ2v) is 7.72. The topological polar surface area (TPSA) is 128 Å². The molecule has 0 aliphatic heterocycles. The number of thiophene rings is 1. The average molecular weight is 405 g/mol. The van der Waals surface area contributed by atoms with Crippen molar-refractivity contribution >= 4 is 33.4 Å². The first-order valence-corrected chi connectivity index (χ1v) is 9.54. The highest BCUT2D eigenvalue weighted by molar-refractivity contribution is 7.18. The number of carbonyl (C=O) groups excluding carboxylic acids is 1. The zero-order chi connectivity index (χ0) is 20.4. The summed E-state index contributed by atoms with van der Waals surface area (Å²) in [6.45, 7) is 5.93. The van der Waals surface area contributed by atoms with Crippen molar-refractivity contribution in [3.8, 4) is 0 Å². The molecule has 0 bridgehead atoms. The average Bonchev–Trinajstić information content (AvgIpc) is 3.25. The Morgan fingerprint density at radius 3 is 2.86 bits per heavy atom. The van der Waals surface area contributed by atoms with Crippen molar-refractivity contribution in [1.29, 1.82) is 0 Å². The monoisotopic (exact) mass is 405 g/mol. The number of rotatable bonds is 7. The Labute approximate surface area is 163 Å². The van der Waals surface area contributed by atoms with Crippen LogP contribution in [-0.2, 0) is 17.8 Å². The summed E-state index contributed by atoms with van der Waals surface area (Å²) in [5.41, 5.74) is 0.738. The Morgan fingerprint density at radius 2 is 2.21 bits per heavy atom. The van der Waals surface area contributed by atoms with E-state index in [9.17, 15) is 19.7 Å². The number of nitrogens with zero attached hydrogens (tertiary/aromatic N) is 2. The van der Waals surface area contributed by atoms with Crippen molar-refractivity contribution in [1.82, 2.24) is 9.97 Å². The first-order chi connectivity index (χ1) is 13.3. The molecule has 0 radical (unpaired) electrons. The van der Waals surface area contributed by atoms with Gasteiger partial charge in [0.25, 0.3) is 5.56 Å². The minimum atomic E-state index is -0.879. The Hall–Kier alpha value is -3.01. The van der Waals surface area contributed by atoms with E-state index in [1.807, 2.05) is 6.92 Å². The number of nitrogens with one attached hydrogen (secondary N) is 1. The highest BCUT2D eigenvalue weighted by atomic mass is 32.1. The van der Waals surface area contributed by atoms with Crippen LogP contribution in [-0.4, -0.2) is 20.9 Å². The van der Waals surface area contributed by atoms with Gasteiger partial charge < -0.3 is 14.1 Å². The lowest BCUT2D eigenvalue weighted by atomic mass is 9.98. The molecule has 3 aromatic heterocycles. The van der Waals surface area contributed by atoms with Crippen molar-refractivity contribution < 1.29 is 18.9 Å². The molecule has 10 heteroatoms. The number of hydrogen-bond donors (Lipinski definition) is 1. The summed E-state index contributed by atoms with van der Waals surface area (Å²) in [5, 5.41) is 11.2. The Bertz CT molecular complexity index is 1100. The lowest BCUT2D eigenvalue weighted by molar-refractivity contribution is -0.402. The summed E-state index contributed by atoms with van der Waals surface area (Å²) in [4.78, 5) is 43.1. The van der Waals surface area contributed by atoms with Gasteiger partial charge in [-0.25, -0.2) is 9.78 Å². The number of H-pyrrole nitrogens is 1. The van der Waals surface area contributed by atoms with Crippen molar-refractivity contribution in [2.24, 2.45) is 5.92 Å². The summed E-state index contributed by atoms with van der Waals surface area (Å²) < 4.78 is 9.84. The van der Waals surface area contributed by atoms with E-state index in [1.54, 1.807) is 0 Å². The van der Waals surface area contributed by atoms with Crippen molar-refractivity contribution in [2.75, 3.05) is 0 Å². The molecule has 0 spiro atoms. The quantitative estimate of drug-likeness (QED) is 0.360. The van der Waals surface area contributed by atoms with Crippen LogP contribution in [0.1, 0.15) is 47.1 Å². The SMILES string of the molecule is CC[C@H](C)Cc1c(C)sc2nc(COC(=O)c3ccc([N+](=O)[O-])o3)[nH]c(=O)c12. The smallest absolute Gasteiger partial charge is 0.433 e. The van der Waals surface area contributed by atoms with E-state index in [1.165, 1.54) is 11.3 Å². The Kier molecular flexibility index (Phi) is 5.59. The standard InChI is InChI=1S/C18H19N3O6S/c1-4-9(2)7-11-10(3)28-17-15(11)16(22)19-13(20-17)8-26-18(23)12-5-6-14(27-12)21(24)25/h5-6,9H,4,7-8H2,1-3H3,(H,19,20,22)/t9-/m0/s1. The molecule has 9 nitrogen and oxygen atoms in total. The van der Waals surface area contributed by atoms with Crippen LogP contribution < -0.4 is 5.56 Å². The lowest BCUT2D eigenvalue weighted by Gasteiger charge is -2.08. The molecule has 0 fully saturated rings. The number of fused-ring (bicyclic) bond motifs is 1. The van der Waals surface area contributed by atoms with Crippen LogP contribution in [0.5, 0.6) is 0 Å². The molecule has 148 valence electrons. The lowest BCUT2D eigenvalue weighted by Crippen LogP contribution is -2.15. The molecule has 0 unspecified atom stereocenters. The van der Waals surface area contributed by atoms with Gasteiger partial charge in [0.15, 0.2) is 0 Å². The van der Waals surface area contributed by atoms with E-state index in [4.69, 9.17) is 9.15 Å². The number of nitro groups is 1. The molecular formula is C18H19N3O6S. The number of aromatic amines is 1. The molecule has 3 heterocycles. The molecule has 0 amide bonds. The van der Waals surface area contributed by atoms with Gasteiger partial charge in [-0.1, -0.05) is 20.3 Å². The number of hydrogen-bond acceptors (Lipinski definition) is 8. The van der Waals surface area contributed by atoms with Crippen molar-refractivity contribution in [3.63, 3.8) is 0 Å². The van der Waals surface area contributed by atoms with Crippen LogP contribution in [0, 0.1) is 23.0 Å². The first kappa shape index (κ1) is 19.7. The van der Waals surface area contributed by atoms with Crippen LogP contribution in [0.15, 0.2) is 21.3 Å². The third-order valence-corrected chi connectivity index (χ3v) is 5.52. The van der Waals surface area contributed by atoms with Crippen molar-refractivity contribution in [2.45, 2.75) is 40.2 Å². The van der Waals surface area contributed by atoms with E-state index < -0.39 is 16.8 Å². The van der Waals surface area contributed by atoms with Crippen LogP contribution in [0.4, 0.5) is 5.88 Å². The van der Waals surface area contributed by atoms with Crippen molar-refractivity contribution in [3.05, 3.63) is 54.6 Å². The molecule has 1 atom stereocenters. The largest absolute Gasteiger partial charge is 0.452 e. The highest BCUT2D eigenvalue weighted by Gasteiger charge is 2.20. The summed E-state index contributed by atoms with van der Waals surface area (Å²) in [7, 11) is 0. The molecule has 28 heavy (non-hydrogen) atoms. The van der Waals surface area contributed by atoms with Gasteiger partial charge in [0.1, 0.15) is 22.2 Å². The first-order valence-electron chi connectivity index (χ1n) is 8.72. The van der Waals surface area contributed by atoms with E-state index in [-0.39, 0.29) is 23.8 Å². The highest BCUT2D eigenvalue weighted by Crippen LogP contribution is 2.29. The van der Waals surface area contributed by atoms with Crippen LogP contribution in [0.25, 0.3) is 10.2 Å². The van der Waals surface area contributed by atoms with Gasteiger partial charge in [-0.2, -0.15) is 0 Å². The third kappa shape index (κ3) is 3.96. The molecule has 3 aromatic rings. The fraction of sp³-hybridized carbons (Fsp3) is 0.389. The summed E-state index contributed by atoms with van der Waals surface area (Å²) >= 11 is 1.43. The number of esters is 1. The number of aryl methyl sites for hydroxylation is 1. The van der Waals surface area contributed by atoms with E-state index in [0.29, 0.717) is 16.1 Å². The fourth-order valence-electron chi connectivity index (χ4n) is 2.77. The summed E-state index contributed by atoms with van der Waals surface area (Å²) in [6, 6.07) is 2.22. The Balaban J connectivity index is 1.79. The maximum absolute atomic E-state index is 12.6. The zero-order valence-corrected chi connectivity index (χ0v) is 16.4. The molecule has 0 aliphatic rings. The molecule has 0 saturated carbocycles. The molecule has 0 aliphatic carbocycles. The molecule has 1 N–H and O–H groups in total. The second-order valence-electron chi connectivity index (χ2n) is 6.52. The zero-order valence-electron chi connectivity index (χ0n) is 15.6. The third-order valence-electron chi connectivity index (χ3n) is 4.47. The van der Waals surface area contributed by atoms with Crippen LogP contribution >= 0.6 is 11.3 Å². The molecule has 0 aromatic carbocycles. The van der Waals surface area contributed by atoms with Crippen LogP contribution in [0.2, 0.25) is 0 Å². The molecule has 0 saturated heterocycles. The summed E-state index contributed by atoms with van der Waals surface area (Å²) in [6.07, 6.45) is 1.82. The number of furan rings is 1. The molecule has 3 rings (SSSR count). The van der Waals surface area contributed by atoms with Crippen LogP contribution in [0.3, 0.4) is 0 Å². The van der Waals surface area contributed by atoms with Gasteiger partial charge in [-0.05, 0) is 30.9 Å².